The van der Waals surface area contributed by atoms with Crippen LogP contribution < -0.4 is 5.32 Å². The topological polar surface area (TPSA) is 99.5 Å². The summed E-state index contributed by atoms with van der Waals surface area (Å²) in [6.45, 7) is 3.08. The number of aryl methyl sites for hydroxylation is 1. The van der Waals surface area contributed by atoms with Crippen LogP contribution in [-0.2, 0) is 21.2 Å². The molecule has 1 N–H and O–H groups in total. The van der Waals surface area contributed by atoms with Crippen LogP contribution in [-0.4, -0.2) is 44.9 Å². The SMILES string of the molecule is Cc1ccc(S(=O)(=O)N2CCOCC2)cc1C(=O)Nc1ccc(CC#N)cc1. The molecule has 1 saturated heterocycles. The second kappa shape index (κ2) is 8.52. The Kier molecular flexibility index (Phi) is 6.09. The fourth-order valence-corrected chi connectivity index (χ4v) is 4.37. The Labute approximate surface area is 164 Å². The first-order chi connectivity index (χ1) is 13.4. The van der Waals surface area contributed by atoms with Gasteiger partial charge in [-0.25, -0.2) is 8.42 Å². The summed E-state index contributed by atoms with van der Waals surface area (Å²) in [6, 6.07) is 13.6. The Bertz CT molecular complexity index is 1000. The zero-order chi connectivity index (χ0) is 20.1. The van der Waals surface area contributed by atoms with E-state index >= 15 is 0 Å². The van der Waals surface area contributed by atoms with Gasteiger partial charge in [-0.2, -0.15) is 9.57 Å². The molecule has 8 heteroatoms. The molecular formula is C20H21N3O4S. The van der Waals surface area contributed by atoms with Crippen molar-refractivity contribution in [2.75, 3.05) is 31.6 Å². The molecular weight excluding hydrogens is 378 g/mol. The van der Waals surface area contributed by atoms with Gasteiger partial charge in [0, 0.05) is 24.3 Å². The second-order valence-corrected chi connectivity index (χ2v) is 8.42. The normalized spacial score (nSPS) is 15.0. The van der Waals surface area contributed by atoms with E-state index in [1.54, 1.807) is 37.3 Å². The lowest BCUT2D eigenvalue weighted by Crippen LogP contribution is -2.40. The lowest BCUT2D eigenvalue weighted by molar-refractivity contribution is 0.0730. The van der Waals surface area contributed by atoms with Crippen molar-refractivity contribution < 1.29 is 17.9 Å². The number of anilines is 1. The van der Waals surface area contributed by atoms with Gasteiger partial charge >= 0.3 is 0 Å². The highest BCUT2D eigenvalue weighted by molar-refractivity contribution is 7.89. The van der Waals surface area contributed by atoms with Crippen LogP contribution in [0, 0.1) is 18.3 Å². The number of hydrogen-bond acceptors (Lipinski definition) is 5. The summed E-state index contributed by atoms with van der Waals surface area (Å²) in [4.78, 5) is 12.8. The molecule has 0 radical (unpaired) electrons. The van der Waals surface area contributed by atoms with Crippen LogP contribution in [0.4, 0.5) is 5.69 Å². The third kappa shape index (κ3) is 4.39. The maximum Gasteiger partial charge on any atom is 0.255 e. The molecule has 0 spiro atoms. The quantitative estimate of drug-likeness (QED) is 0.832. The van der Waals surface area contributed by atoms with Gasteiger partial charge in [-0.3, -0.25) is 4.79 Å². The zero-order valence-electron chi connectivity index (χ0n) is 15.5. The number of rotatable bonds is 5. The number of carbonyl (C=O) groups is 1. The van der Waals surface area contributed by atoms with Gasteiger partial charge in [0.05, 0.1) is 30.6 Å². The average molecular weight is 399 g/mol. The molecule has 1 amide bonds. The fraction of sp³-hybridized carbons (Fsp3) is 0.300. The Morgan fingerprint density at radius 2 is 1.86 bits per heavy atom. The minimum atomic E-state index is -3.68. The summed E-state index contributed by atoms with van der Waals surface area (Å²) in [5.41, 5.74) is 2.41. The Morgan fingerprint density at radius 1 is 1.18 bits per heavy atom. The highest BCUT2D eigenvalue weighted by Crippen LogP contribution is 2.21. The summed E-state index contributed by atoms with van der Waals surface area (Å²) in [5.74, 6) is -0.385. The molecule has 1 heterocycles. The van der Waals surface area contributed by atoms with Crippen molar-refractivity contribution >= 4 is 21.6 Å². The van der Waals surface area contributed by atoms with Crippen LogP contribution in [0.15, 0.2) is 47.4 Å². The number of sulfonamides is 1. The minimum absolute atomic E-state index is 0.0921. The van der Waals surface area contributed by atoms with Crippen LogP contribution in [0.5, 0.6) is 0 Å². The van der Waals surface area contributed by atoms with Crippen molar-refractivity contribution in [3.8, 4) is 6.07 Å². The number of carbonyl (C=O) groups excluding carboxylic acids is 1. The second-order valence-electron chi connectivity index (χ2n) is 6.48. The predicted molar refractivity (Wildman–Crippen MR) is 104 cm³/mol. The van der Waals surface area contributed by atoms with E-state index in [2.05, 4.69) is 11.4 Å². The smallest absolute Gasteiger partial charge is 0.255 e. The number of nitriles is 1. The van der Waals surface area contributed by atoms with Gasteiger partial charge in [-0.1, -0.05) is 18.2 Å². The molecule has 0 saturated carbocycles. The van der Waals surface area contributed by atoms with Gasteiger partial charge in [0.15, 0.2) is 0 Å². The van der Waals surface area contributed by atoms with Crippen LogP contribution >= 0.6 is 0 Å². The van der Waals surface area contributed by atoms with Gasteiger partial charge in [0.1, 0.15) is 0 Å². The number of nitrogens with zero attached hydrogens (tertiary/aromatic N) is 2. The highest BCUT2D eigenvalue weighted by Gasteiger charge is 2.27. The number of benzene rings is 2. The summed E-state index contributed by atoms with van der Waals surface area (Å²) in [5, 5.41) is 11.5. The van der Waals surface area contributed by atoms with E-state index in [1.807, 2.05) is 0 Å². The molecule has 0 unspecified atom stereocenters. The molecule has 3 rings (SSSR count). The number of morpholine rings is 1. The standard InChI is InChI=1S/C20H21N3O4S/c1-15-2-7-18(28(25,26)23-10-12-27-13-11-23)14-19(15)20(24)22-17-5-3-16(4-6-17)8-9-21/h2-7,14H,8,10-13H2,1H3,(H,22,24). The lowest BCUT2D eigenvalue weighted by atomic mass is 10.1. The van der Waals surface area contributed by atoms with E-state index in [1.165, 1.54) is 16.4 Å². The summed E-state index contributed by atoms with van der Waals surface area (Å²) >= 11 is 0. The first kappa shape index (κ1) is 20.0. The number of ether oxygens (including phenoxy) is 1. The predicted octanol–water partition coefficient (Wildman–Crippen LogP) is 2.33. The van der Waals surface area contributed by atoms with Crippen molar-refractivity contribution in [2.45, 2.75) is 18.2 Å². The molecule has 146 valence electrons. The van der Waals surface area contributed by atoms with Gasteiger partial charge in [0.25, 0.3) is 5.91 Å². The van der Waals surface area contributed by atoms with E-state index in [0.29, 0.717) is 49.5 Å². The van der Waals surface area contributed by atoms with Gasteiger partial charge in [0.2, 0.25) is 10.0 Å². The maximum absolute atomic E-state index is 12.8. The molecule has 1 aliphatic heterocycles. The van der Waals surface area contributed by atoms with Crippen LogP contribution in [0.1, 0.15) is 21.5 Å². The van der Waals surface area contributed by atoms with Crippen molar-refractivity contribution in [1.29, 1.82) is 5.26 Å². The highest BCUT2D eigenvalue weighted by atomic mass is 32.2. The van der Waals surface area contributed by atoms with Crippen molar-refractivity contribution in [3.63, 3.8) is 0 Å². The number of hydrogen-bond donors (Lipinski definition) is 1. The third-order valence-corrected chi connectivity index (χ3v) is 6.45. The molecule has 0 aliphatic carbocycles. The van der Waals surface area contributed by atoms with E-state index in [-0.39, 0.29) is 10.8 Å². The zero-order valence-corrected chi connectivity index (χ0v) is 16.3. The molecule has 0 aromatic heterocycles. The third-order valence-electron chi connectivity index (χ3n) is 4.56. The summed E-state index contributed by atoms with van der Waals surface area (Å²) < 4.78 is 32.3. The first-order valence-electron chi connectivity index (χ1n) is 8.87. The first-order valence-corrected chi connectivity index (χ1v) is 10.3. The molecule has 7 nitrogen and oxygen atoms in total. The van der Waals surface area contributed by atoms with E-state index < -0.39 is 10.0 Å². The van der Waals surface area contributed by atoms with Crippen molar-refractivity contribution in [1.82, 2.24) is 4.31 Å². The molecule has 1 fully saturated rings. The average Bonchev–Trinajstić information content (AvgIpc) is 2.70. The largest absolute Gasteiger partial charge is 0.379 e. The molecule has 0 bridgehead atoms. The molecule has 1 aliphatic rings. The van der Waals surface area contributed by atoms with Crippen LogP contribution in [0.3, 0.4) is 0 Å². The Morgan fingerprint density at radius 3 is 2.50 bits per heavy atom. The summed E-state index contributed by atoms with van der Waals surface area (Å²) in [7, 11) is -3.68. The van der Waals surface area contributed by atoms with Crippen molar-refractivity contribution in [3.05, 3.63) is 59.2 Å². The minimum Gasteiger partial charge on any atom is -0.379 e. The van der Waals surface area contributed by atoms with Crippen molar-refractivity contribution in [2.24, 2.45) is 0 Å². The van der Waals surface area contributed by atoms with Gasteiger partial charge < -0.3 is 10.1 Å². The fourth-order valence-electron chi connectivity index (χ4n) is 2.94. The Hall–Kier alpha value is -2.73. The number of nitrogens with one attached hydrogen (secondary N) is 1. The molecule has 28 heavy (non-hydrogen) atoms. The Balaban J connectivity index is 1.82. The van der Waals surface area contributed by atoms with E-state index in [9.17, 15) is 13.2 Å². The van der Waals surface area contributed by atoms with Gasteiger partial charge in [-0.15, -0.1) is 0 Å². The maximum atomic E-state index is 12.8. The van der Waals surface area contributed by atoms with Crippen LogP contribution in [0.25, 0.3) is 0 Å². The van der Waals surface area contributed by atoms with E-state index in [0.717, 1.165) is 5.56 Å². The van der Waals surface area contributed by atoms with E-state index in [4.69, 9.17) is 10.00 Å². The van der Waals surface area contributed by atoms with Gasteiger partial charge in [-0.05, 0) is 42.3 Å². The molecule has 0 atom stereocenters. The lowest BCUT2D eigenvalue weighted by Gasteiger charge is -2.26. The summed E-state index contributed by atoms with van der Waals surface area (Å²) in [6.07, 6.45) is 0.300. The van der Waals surface area contributed by atoms with Crippen LogP contribution in [0.2, 0.25) is 0 Å². The monoisotopic (exact) mass is 399 g/mol. The molecule has 2 aromatic rings. The number of amides is 1. The molecule has 2 aromatic carbocycles.